The monoisotopic (exact) mass is 298 g/mol. The van der Waals surface area contributed by atoms with Gasteiger partial charge in [-0.25, -0.2) is 4.79 Å². The van der Waals surface area contributed by atoms with E-state index in [1.54, 1.807) is 38.5 Å². The first-order valence-electron chi connectivity index (χ1n) is 6.61. The summed E-state index contributed by atoms with van der Waals surface area (Å²) in [7, 11) is 3.11. The minimum Gasteiger partial charge on any atom is -0.508 e. The van der Waals surface area contributed by atoms with E-state index in [4.69, 9.17) is 14.2 Å². The van der Waals surface area contributed by atoms with Gasteiger partial charge in [-0.1, -0.05) is 6.07 Å². The van der Waals surface area contributed by atoms with Crippen LogP contribution >= 0.6 is 0 Å². The molecule has 1 N–H and O–H groups in total. The lowest BCUT2D eigenvalue weighted by molar-refractivity contribution is -0.126. The fraction of sp³-hybridized carbons (Fsp3) is 0.118. The van der Waals surface area contributed by atoms with E-state index in [1.807, 2.05) is 6.07 Å². The molecule has 2 aromatic rings. The highest BCUT2D eigenvalue weighted by molar-refractivity contribution is 6.26. The number of phenols is 1. The van der Waals surface area contributed by atoms with Crippen molar-refractivity contribution in [2.75, 3.05) is 14.2 Å². The highest BCUT2D eigenvalue weighted by Crippen LogP contribution is 2.38. The average Bonchev–Trinajstić information content (AvgIpc) is 2.82. The minimum atomic E-state index is -0.449. The molecule has 0 amide bonds. The lowest BCUT2D eigenvalue weighted by atomic mass is 10.0. The molecule has 0 unspecified atom stereocenters. The van der Waals surface area contributed by atoms with Crippen LogP contribution in [0.15, 0.2) is 36.4 Å². The number of rotatable bonds is 3. The molecule has 22 heavy (non-hydrogen) atoms. The van der Waals surface area contributed by atoms with E-state index >= 15 is 0 Å². The predicted molar refractivity (Wildman–Crippen MR) is 81.2 cm³/mol. The van der Waals surface area contributed by atoms with Gasteiger partial charge in [0.1, 0.15) is 11.5 Å². The summed E-state index contributed by atoms with van der Waals surface area (Å²) in [5, 5.41) is 9.44. The predicted octanol–water partition coefficient (Wildman–Crippen LogP) is 2.87. The van der Waals surface area contributed by atoms with Gasteiger partial charge in [0.2, 0.25) is 0 Å². The number of carbonyl (C=O) groups excluding carboxylic acids is 1. The Morgan fingerprint density at radius 1 is 1.05 bits per heavy atom. The molecule has 0 fully saturated rings. The van der Waals surface area contributed by atoms with E-state index < -0.39 is 5.97 Å². The Bertz CT molecular complexity index is 777. The quantitative estimate of drug-likeness (QED) is 0.536. The maximum atomic E-state index is 12.0. The van der Waals surface area contributed by atoms with E-state index in [2.05, 4.69) is 0 Å². The molecule has 112 valence electrons. The number of benzene rings is 2. The van der Waals surface area contributed by atoms with E-state index in [0.717, 1.165) is 5.56 Å². The largest absolute Gasteiger partial charge is 0.508 e. The van der Waals surface area contributed by atoms with Crippen molar-refractivity contribution in [2.24, 2.45) is 0 Å². The third-order valence-electron chi connectivity index (χ3n) is 3.40. The maximum absolute atomic E-state index is 12.0. The maximum Gasteiger partial charge on any atom is 0.344 e. The highest BCUT2D eigenvalue weighted by Gasteiger charge is 2.27. The van der Waals surface area contributed by atoms with Gasteiger partial charge in [-0.3, -0.25) is 0 Å². The van der Waals surface area contributed by atoms with Crippen LogP contribution in [0.1, 0.15) is 11.1 Å². The molecule has 5 nitrogen and oxygen atoms in total. The molecule has 1 heterocycles. The van der Waals surface area contributed by atoms with Crippen molar-refractivity contribution < 1.29 is 24.1 Å². The Labute approximate surface area is 127 Å². The van der Waals surface area contributed by atoms with E-state index in [0.29, 0.717) is 28.4 Å². The van der Waals surface area contributed by atoms with Crippen LogP contribution in [0.3, 0.4) is 0 Å². The third kappa shape index (κ3) is 2.37. The highest BCUT2D eigenvalue weighted by atomic mass is 16.5. The van der Waals surface area contributed by atoms with Crippen molar-refractivity contribution in [1.29, 1.82) is 0 Å². The average molecular weight is 298 g/mol. The Balaban J connectivity index is 2.04. The Morgan fingerprint density at radius 3 is 2.55 bits per heavy atom. The first-order chi connectivity index (χ1) is 10.6. The van der Waals surface area contributed by atoms with Crippen LogP contribution in [0, 0.1) is 0 Å². The minimum absolute atomic E-state index is 0.0546. The molecule has 0 radical (unpaired) electrons. The molecule has 0 bridgehead atoms. The molecule has 5 heteroatoms. The van der Waals surface area contributed by atoms with Crippen LogP contribution in [-0.4, -0.2) is 25.3 Å². The lowest BCUT2D eigenvalue weighted by Crippen LogP contribution is -2.00. The van der Waals surface area contributed by atoms with Crippen molar-refractivity contribution in [1.82, 2.24) is 0 Å². The van der Waals surface area contributed by atoms with Crippen molar-refractivity contribution in [3.8, 4) is 23.0 Å². The number of hydrogen-bond donors (Lipinski definition) is 1. The normalized spacial score (nSPS) is 14.6. The molecule has 3 rings (SSSR count). The number of phenolic OH excluding ortho intramolecular Hbond substituents is 1. The summed E-state index contributed by atoms with van der Waals surface area (Å²) in [5.74, 6) is 1.16. The number of esters is 1. The number of hydrogen-bond acceptors (Lipinski definition) is 5. The molecule has 0 saturated heterocycles. The number of carbonyl (C=O) groups is 1. The Hall–Kier alpha value is -2.95. The Kier molecular flexibility index (Phi) is 3.47. The van der Waals surface area contributed by atoms with Crippen LogP contribution in [0.2, 0.25) is 0 Å². The summed E-state index contributed by atoms with van der Waals surface area (Å²) in [6, 6.07) is 9.95. The smallest absolute Gasteiger partial charge is 0.344 e. The van der Waals surface area contributed by atoms with E-state index in [-0.39, 0.29) is 5.75 Å². The van der Waals surface area contributed by atoms with Crippen LogP contribution in [0.25, 0.3) is 11.6 Å². The summed E-state index contributed by atoms with van der Waals surface area (Å²) >= 11 is 0. The van der Waals surface area contributed by atoms with Gasteiger partial charge in [0, 0.05) is 11.6 Å². The number of fused-ring (bicyclic) bond motifs is 1. The summed E-state index contributed by atoms with van der Waals surface area (Å²) in [5.41, 5.74) is 1.87. The van der Waals surface area contributed by atoms with Gasteiger partial charge in [0.05, 0.1) is 19.8 Å². The standard InChI is InChI=1S/C17H14O5/c1-20-14-6-3-10(8-16(14)21-2)7-13-12-5-4-11(18)9-15(12)22-17(13)19/h3-9,18H,1-2H3/b13-7+. The molecule has 0 spiro atoms. The summed E-state index contributed by atoms with van der Waals surface area (Å²) < 4.78 is 15.6. The van der Waals surface area contributed by atoms with Crippen molar-refractivity contribution in [2.45, 2.75) is 0 Å². The molecule has 2 aromatic carbocycles. The zero-order valence-corrected chi connectivity index (χ0v) is 12.1. The molecule has 0 saturated carbocycles. The van der Waals surface area contributed by atoms with Crippen molar-refractivity contribution in [3.63, 3.8) is 0 Å². The van der Waals surface area contributed by atoms with Crippen molar-refractivity contribution in [3.05, 3.63) is 47.5 Å². The number of aromatic hydroxyl groups is 1. The van der Waals surface area contributed by atoms with Gasteiger partial charge in [-0.15, -0.1) is 0 Å². The molecular formula is C17H14O5. The molecule has 0 aromatic heterocycles. The zero-order valence-electron chi connectivity index (χ0n) is 12.1. The second-order valence-electron chi connectivity index (χ2n) is 4.74. The second kappa shape index (κ2) is 5.44. The van der Waals surface area contributed by atoms with Crippen molar-refractivity contribution >= 4 is 17.6 Å². The fourth-order valence-corrected chi connectivity index (χ4v) is 2.33. The zero-order chi connectivity index (χ0) is 15.7. The van der Waals surface area contributed by atoms with Crippen LogP contribution in [0.4, 0.5) is 0 Å². The van der Waals surface area contributed by atoms with Gasteiger partial charge in [0.25, 0.3) is 0 Å². The molecule has 1 aliphatic heterocycles. The van der Waals surface area contributed by atoms with Gasteiger partial charge < -0.3 is 19.3 Å². The fourth-order valence-electron chi connectivity index (χ4n) is 2.33. The number of ether oxygens (including phenoxy) is 3. The molecule has 1 aliphatic rings. The van der Waals surface area contributed by atoms with E-state index in [9.17, 15) is 9.90 Å². The molecule has 0 aliphatic carbocycles. The topological polar surface area (TPSA) is 65.0 Å². The summed E-state index contributed by atoms with van der Waals surface area (Å²) in [6.45, 7) is 0. The first-order valence-corrected chi connectivity index (χ1v) is 6.61. The van der Waals surface area contributed by atoms with Gasteiger partial charge >= 0.3 is 5.97 Å². The van der Waals surface area contributed by atoms with Gasteiger partial charge in [-0.2, -0.15) is 0 Å². The lowest BCUT2D eigenvalue weighted by Gasteiger charge is -2.08. The SMILES string of the molecule is COc1ccc(/C=C2/C(=O)Oc3cc(O)ccc32)cc1OC. The Morgan fingerprint density at radius 2 is 1.82 bits per heavy atom. The molecule has 0 atom stereocenters. The third-order valence-corrected chi connectivity index (χ3v) is 3.40. The van der Waals surface area contributed by atoms with Gasteiger partial charge in [-0.05, 0) is 35.9 Å². The number of methoxy groups -OCH3 is 2. The van der Waals surface area contributed by atoms with E-state index in [1.165, 1.54) is 12.1 Å². The summed E-state index contributed by atoms with van der Waals surface area (Å²) in [6.07, 6.45) is 1.72. The summed E-state index contributed by atoms with van der Waals surface area (Å²) in [4.78, 5) is 12.0. The molecular weight excluding hydrogens is 284 g/mol. The van der Waals surface area contributed by atoms with Crippen LogP contribution < -0.4 is 14.2 Å². The second-order valence-corrected chi connectivity index (χ2v) is 4.74. The first kappa shape index (κ1) is 14.0. The van der Waals surface area contributed by atoms with Gasteiger partial charge in [0.15, 0.2) is 11.5 Å². The van der Waals surface area contributed by atoms with Crippen LogP contribution in [0.5, 0.6) is 23.0 Å². The van der Waals surface area contributed by atoms with Crippen LogP contribution in [-0.2, 0) is 4.79 Å².